The first-order valence-electron chi connectivity index (χ1n) is 8.25. The molecule has 4 rings (SSSR count). The summed E-state index contributed by atoms with van der Waals surface area (Å²) in [5.74, 6) is 1.09. The molecular weight excluding hydrogens is 280 g/mol. The average molecular weight is 304 g/mol. The summed E-state index contributed by atoms with van der Waals surface area (Å²) >= 11 is 0. The summed E-state index contributed by atoms with van der Waals surface area (Å²) in [6.07, 6.45) is 6.01. The Morgan fingerprint density at radius 3 is 2.59 bits per heavy atom. The summed E-state index contributed by atoms with van der Waals surface area (Å²) in [5.41, 5.74) is 2.41. The number of ether oxygens (including phenoxy) is 2. The number of rotatable bonds is 3. The van der Waals surface area contributed by atoms with Crippen LogP contribution in [0.15, 0.2) is 0 Å². The number of nitrogens with zero attached hydrogens (tertiary/aromatic N) is 3. The van der Waals surface area contributed by atoms with Crippen molar-refractivity contribution in [3.8, 4) is 6.01 Å². The van der Waals surface area contributed by atoms with Crippen molar-refractivity contribution in [3.05, 3.63) is 11.3 Å². The van der Waals surface area contributed by atoms with E-state index in [9.17, 15) is 0 Å². The summed E-state index contributed by atoms with van der Waals surface area (Å²) in [5, 5.41) is 3.46. The van der Waals surface area contributed by atoms with Gasteiger partial charge in [-0.1, -0.05) is 0 Å². The van der Waals surface area contributed by atoms with Crippen LogP contribution in [0.2, 0.25) is 0 Å². The van der Waals surface area contributed by atoms with E-state index in [2.05, 4.69) is 15.2 Å². The van der Waals surface area contributed by atoms with Crippen LogP contribution in [-0.2, 0) is 17.7 Å². The third-order valence-electron chi connectivity index (χ3n) is 5.34. The molecule has 0 aliphatic carbocycles. The van der Waals surface area contributed by atoms with Crippen LogP contribution >= 0.6 is 0 Å². The van der Waals surface area contributed by atoms with E-state index in [0.29, 0.717) is 24.2 Å². The van der Waals surface area contributed by atoms with Gasteiger partial charge in [0.15, 0.2) is 0 Å². The first-order valence-corrected chi connectivity index (χ1v) is 8.25. The predicted octanol–water partition coefficient (Wildman–Crippen LogP) is 1.28. The average Bonchev–Trinajstić information content (AvgIpc) is 2.83. The molecule has 22 heavy (non-hydrogen) atoms. The Balaban J connectivity index is 1.73. The lowest BCUT2D eigenvalue weighted by Gasteiger charge is -2.40. The van der Waals surface area contributed by atoms with Gasteiger partial charge in [0.25, 0.3) is 0 Å². The van der Waals surface area contributed by atoms with Gasteiger partial charge in [-0.2, -0.15) is 9.97 Å². The van der Waals surface area contributed by atoms with Crippen molar-refractivity contribution in [1.29, 1.82) is 0 Å². The lowest BCUT2D eigenvalue weighted by Crippen LogP contribution is -2.46. The van der Waals surface area contributed by atoms with Crippen molar-refractivity contribution in [1.82, 2.24) is 15.3 Å². The van der Waals surface area contributed by atoms with Crippen molar-refractivity contribution < 1.29 is 9.47 Å². The maximum Gasteiger partial charge on any atom is 0.318 e. The van der Waals surface area contributed by atoms with Crippen LogP contribution in [0.3, 0.4) is 0 Å². The molecule has 2 atom stereocenters. The van der Waals surface area contributed by atoms with E-state index < -0.39 is 0 Å². The zero-order valence-corrected chi connectivity index (χ0v) is 13.3. The van der Waals surface area contributed by atoms with Gasteiger partial charge in [0.05, 0.1) is 18.9 Å². The van der Waals surface area contributed by atoms with Crippen molar-refractivity contribution in [2.45, 2.75) is 56.8 Å². The number of hydrogen-bond acceptors (Lipinski definition) is 6. The molecular formula is C16H24N4O2. The lowest BCUT2D eigenvalue weighted by molar-refractivity contribution is 0.0681. The Kier molecular flexibility index (Phi) is 3.66. The van der Waals surface area contributed by atoms with Crippen LogP contribution in [0, 0.1) is 0 Å². The molecule has 4 heterocycles. The number of methoxy groups -OCH3 is 2. The Morgan fingerprint density at radius 1 is 1.14 bits per heavy atom. The van der Waals surface area contributed by atoms with Crippen LogP contribution in [-0.4, -0.2) is 48.9 Å². The standard InChI is InChI=1S/C16H24N4O2/c1-21-12-7-10-3-4-11(8-12)20(10)15-13-9-17-6-5-14(13)18-16(19-15)22-2/h10-12,17H,3-9H2,1-2H3. The summed E-state index contributed by atoms with van der Waals surface area (Å²) in [4.78, 5) is 11.8. The van der Waals surface area contributed by atoms with E-state index >= 15 is 0 Å². The highest BCUT2D eigenvalue weighted by molar-refractivity contribution is 5.54. The summed E-state index contributed by atoms with van der Waals surface area (Å²) < 4.78 is 11.0. The number of aromatic nitrogens is 2. The Morgan fingerprint density at radius 2 is 1.91 bits per heavy atom. The van der Waals surface area contributed by atoms with E-state index in [1.807, 2.05) is 7.11 Å². The lowest BCUT2D eigenvalue weighted by atomic mass is 9.98. The summed E-state index contributed by atoms with van der Waals surface area (Å²) in [6.45, 7) is 1.84. The molecule has 1 aromatic rings. The van der Waals surface area contributed by atoms with Crippen LogP contribution in [0.1, 0.15) is 36.9 Å². The second kappa shape index (κ2) is 5.66. The van der Waals surface area contributed by atoms with Crippen molar-refractivity contribution >= 4 is 5.82 Å². The van der Waals surface area contributed by atoms with Crippen molar-refractivity contribution in [2.75, 3.05) is 25.7 Å². The number of nitrogens with one attached hydrogen (secondary N) is 1. The third kappa shape index (κ3) is 2.25. The van der Waals surface area contributed by atoms with Crippen LogP contribution in [0.5, 0.6) is 6.01 Å². The Bertz CT molecular complexity index is 551. The van der Waals surface area contributed by atoms with Gasteiger partial charge >= 0.3 is 6.01 Å². The van der Waals surface area contributed by atoms with E-state index in [1.165, 1.54) is 18.4 Å². The van der Waals surface area contributed by atoms with Gasteiger partial charge in [0.1, 0.15) is 5.82 Å². The Hall–Kier alpha value is -1.40. The topological polar surface area (TPSA) is 59.5 Å². The van der Waals surface area contributed by atoms with Gasteiger partial charge in [0, 0.05) is 44.3 Å². The molecule has 2 unspecified atom stereocenters. The van der Waals surface area contributed by atoms with Crippen LogP contribution < -0.4 is 15.0 Å². The number of fused-ring (bicyclic) bond motifs is 3. The molecule has 0 radical (unpaired) electrons. The van der Waals surface area contributed by atoms with Crippen LogP contribution in [0.4, 0.5) is 5.82 Å². The summed E-state index contributed by atoms with van der Waals surface area (Å²) in [6, 6.07) is 1.58. The first-order chi connectivity index (χ1) is 10.8. The molecule has 120 valence electrons. The molecule has 6 nitrogen and oxygen atoms in total. The van der Waals surface area contributed by atoms with Gasteiger partial charge in [-0.05, 0) is 25.7 Å². The highest BCUT2D eigenvalue weighted by Crippen LogP contribution is 2.41. The smallest absolute Gasteiger partial charge is 0.318 e. The molecule has 0 spiro atoms. The normalized spacial score (nSPS) is 30.3. The van der Waals surface area contributed by atoms with Gasteiger partial charge in [-0.3, -0.25) is 0 Å². The molecule has 6 heteroatoms. The van der Waals surface area contributed by atoms with Gasteiger partial charge in [-0.25, -0.2) is 0 Å². The predicted molar refractivity (Wildman–Crippen MR) is 83.3 cm³/mol. The van der Waals surface area contributed by atoms with Crippen molar-refractivity contribution in [3.63, 3.8) is 0 Å². The van der Waals surface area contributed by atoms with Crippen molar-refractivity contribution in [2.24, 2.45) is 0 Å². The largest absolute Gasteiger partial charge is 0.467 e. The minimum absolute atomic E-state index is 0.395. The van der Waals surface area contributed by atoms with Gasteiger partial charge in [0.2, 0.25) is 0 Å². The fourth-order valence-corrected chi connectivity index (χ4v) is 4.27. The maximum atomic E-state index is 5.62. The fraction of sp³-hybridized carbons (Fsp3) is 0.750. The highest BCUT2D eigenvalue weighted by Gasteiger charge is 2.43. The molecule has 0 aromatic carbocycles. The molecule has 1 N–H and O–H groups in total. The number of piperidine rings is 1. The second-order valence-corrected chi connectivity index (χ2v) is 6.51. The van der Waals surface area contributed by atoms with Crippen LogP contribution in [0.25, 0.3) is 0 Å². The van der Waals surface area contributed by atoms with Gasteiger partial charge < -0.3 is 19.7 Å². The van der Waals surface area contributed by atoms with E-state index in [-0.39, 0.29) is 0 Å². The molecule has 2 fully saturated rings. The zero-order valence-electron chi connectivity index (χ0n) is 13.3. The quantitative estimate of drug-likeness (QED) is 0.908. The maximum absolute atomic E-state index is 5.62. The summed E-state index contributed by atoms with van der Waals surface area (Å²) in [7, 11) is 3.48. The van der Waals surface area contributed by atoms with E-state index in [0.717, 1.165) is 43.9 Å². The molecule has 1 aromatic heterocycles. The Labute approximate surface area is 131 Å². The number of anilines is 1. The SMILES string of the molecule is COc1nc2c(c(N3C4CCC3CC(OC)C4)n1)CNCC2. The molecule has 0 amide bonds. The molecule has 3 aliphatic heterocycles. The molecule has 0 saturated carbocycles. The molecule has 3 aliphatic rings. The van der Waals surface area contributed by atoms with E-state index in [1.54, 1.807) is 7.11 Å². The first kappa shape index (κ1) is 14.2. The number of hydrogen-bond donors (Lipinski definition) is 1. The third-order valence-corrected chi connectivity index (χ3v) is 5.34. The fourth-order valence-electron chi connectivity index (χ4n) is 4.27. The zero-order chi connectivity index (χ0) is 15.1. The molecule has 2 bridgehead atoms. The second-order valence-electron chi connectivity index (χ2n) is 6.51. The highest BCUT2D eigenvalue weighted by atomic mass is 16.5. The van der Waals surface area contributed by atoms with Gasteiger partial charge in [-0.15, -0.1) is 0 Å². The molecule has 2 saturated heterocycles. The van der Waals surface area contributed by atoms with E-state index in [4.69, 9.17) is 14.5 Å². The monoisotopic (exact) mass is 304 g/mol. The minimum atomic E-state index is 0.395. The minimum Gasteiger partial charge on any atom is -0.467 e.